The highest BCUT2D eigenvalue weighted by Crippen LogP contribution is 1.99. The Morgan fingerprint density at radius 2 is 1.96 bits per heavy atom. The third-order valence-electron chi connectivity index (χ3n) is 3.19. The smallest absolute Gasteiger partial charge is 0.243 e. The predicted octanol–water partition coefficient (Wildman–Crippen LogP) is 1.77. The Kier molecular flexibility index (Phi) is 10.4. The first kappa shape index (κ1) is 20.1. The van der Waals surface area contributed by atoms with Crippen LogP contribution in [0.2, 0.25) is 0 Å². The van der Waals surface area contributed by atoms with Crippen LogP contribution in [0, 0.1) is 0 Å². The number of nitrogens with zero attached hydrogens (tertiary/aromatic N) is 2. The van der Waals surface area contributed by atoms with Crippen molar-refractivity contribution < 1.29 is 4.79 Å². The number of nitrogens with one attached hydrogen (secondary N) is 2. The molecule has 24 heavy (non-hydrogen) atoms. The van der Waals surface area contributed by atoms with E-state index in [1.165, 1.54) is 5.56 Å². The summed E-state index contributed by atoms with van der Waals surface area (Å²) in [4.78, 5) is 17.6. The van der Waals surface area contributed by atoms with Crippen molar-refractivity contribution in [3.63, 3.8) is 0 Å². The maximum absolute atomic E-state index is 11.7. The molecule has 0 radical (unpaired) electrons. The van der Waals surface area contributed by atoms with Gasteiger partial charge in [-0.1, -0.05) is 36.4 Å². The Labute approximate surface area is 149 Å². The standard InChI is InChI=1S/C18H28N4OS/c1-4-13-24-14-12-20-18(21-15-17(23)22(2)3)19-11-10-16-8-6-5-7-9-16/h4-9H,1,10-15H2,2-3H3,(H2,19,20,21). The highest BCUT2D eigenvalue weighted by atomic mass is 32.2. The van der Waals surface area contributed by atoms with Gasteiger partial charge in [0.15, 0.2) is 5.96 Å². The fourth-order valence-corrected chi connectivity index (χ4v) is 2.42. The molecule has 2 N–H and O–H groups in total. The van der Waals surface area contributed by atoms with E-state index in [9.17, 15) is 4.79 Å². The highest BCUT2D eigenvalue weighted by molar-refractivity contribution is 7.99. The van der Waals surface area contributed by atoms with Gasteiger partial charge in [-0.3, -0.25) is 4.79 Å². The van der Waals surface area contributed by atoms with Gasteiger partial charge in [0.1, 0.15) is 6.54 Å². The quantitative estimate of drug-likeness (QED) is 0.293. The lowest BCUT2D eigenvalue weighted by Crippen LogP contribution is -2.40. The number of carbonyl (C=O) groups excluding carboxylic acids is 1. The Hall–Kier alpha value is -1.95. The number of thioether (sulfide) groups is 1. The minimum atomic E-state index is -0.0137. The molecule has 0 aromatic heterocycles. The number of amides is 1. The normalized spacial score (nSPS) is 11.0. The van der Waals surface area contributed by atoms with Crippen molar-refractivity contribution in [2.45, 2.75) is 6.42 Å². The minimum Gasteiger partial charge on any atom is -0.356 e. The summed E-state index contributed by atoms with van der Waals surface area (Å²) in [5.41, 5.74) is 1.27. The molecule has 1 rings (SSSR count). The minimum absolute atomic E-state index is 0.0137. The van der Waals surface area contributed by atoms with Crippen LogP contribution in [-0.4, -0.2) is 62.0 Å². The molecule has 0 fully saturated rings. The topological polar surface area (TPSA) is 56.7 Å². The van der Waals surface area contributed by atoms with Gasteiger partial charge in [0.2, 0.25) is 5.91 Å². The zero-order chi connectivity index (χ0) is 17.6. The van der Waals surface area contributed by atoms with E-state index >= 15 is 0 Å². The average molecular weight is 349 g/mol. The molecular weight excluding hydrogens is 320 g/mol. The third-order valence-corrected chi connectivity index (χ3v) is 4.16. The van der Waals surface area contributed by atoms with E-state index in [1.807, 2.05) is 24.3 Å². The van der Waals surface area contributed by atoms with E-state index in [2.05, 4.69) is 34.3 Å². The van der Waals surface area contributed by atoms with Crippen molar-refractivity contribution in [2.75, 3.05) is 45.2 Å². The number of rotatable bonds is 10. The predicted molar refractivity (Wildman–Crippen MR) is 105 cm³/mol. The summed E-state index contributed by atoms with van der Waals surface area (Å²) in [6.45, 7) is 5.42. The maximum Gasteiger partial charge on any atom is 0.243 e. The molecule has 1 amide bonds. The van der Waals surface area contributed by atoms with E-state index < -0.39 is 0 Å². The zero-order valence-electron chi connectivity index (χ0n) is 14.6. The van der Waals surface area contributed by atoms with Crippen molar-refractivity contribution in [3.05, 3.63) is 48.6 Å². The van der Waals surface area contributed by atoms with Crippen molar-refractivity contribution in [3.8, 4) is 0 Å². The molecular formula is C18H28N4OS. The van der Waals surface area contributed by atoms with Crippen molar-refractivity contribution in [1.82, 2.24) is 15.5 Å². The first-order valence-corrected chi connectivity index (χ1v) is 9.24. The van der Waals surface area contributed by atoms with Gasteiger partial charge in [0, 0.05) is 38.7 Å². The summed E-state index contributed by atoms with van der Waals surface area (Å²) in [6.07, 6.45) is 2.81. The van der Waals surface area contributed by atoms with Crippen LogP contribution in [0.3, 0.4) is 0 Å². The van der Waals surface area contributed by atoms with Crippen LogP contribution in [0.15, 0.2) is 48.0 Å². The highest BCUT2D eigenvalue weighted by Gasteiger charge is 2.04. The Balaban J connectivity index is 2.44. The Morgan fingerprint density at radius 1 is 1.25 bits per heavy atom. The SMILES string of the molecule is C=CCSCCNC(=NCC(=O)N(C)C)NCCc1ccccc1. The van der Waals surface area contributed by atoms with Crippen LogP contribution in [0.25, 0.3) is 0 Å². The number of carbonyl (C=O) groups is 1. The molecule has 0 spiro atoms. The number of hydrogen-bond donors (Lipinski definition) is 2. The first-order chi connectivity index (χ1) is 11.6. The van der Waals surface area contributed by atoms with Crippen molar-refractivity contribution >= 4 is 23.6 Å². The molecule has 6 heteroatoms. The molecule has 0 heterocycles. The first-order valence-electron chi connectivity index (χ1n) is 8.08. The third kappa shape index (κ3) is 9.25. The van der Waals surface area contributed by atoms with Crippen LogP contribution in [0.4, 0.5) is 0 Å². The average Bonchev–Trinajstić information content (AvgIpc) is 2.59. The maximum atomic E-state index is 11.7. The van der Waals surface area contributed by atoms with Gasteiger partial charge in [-0.15, -0.1) is 6.58 Å². The van der Waals surface area contributed by atoms with Crippen LogP contribution < -0.4 is 10.6 Å². The molecule has 0 saturated heterocycles. The van der Waals surface area contributed by atoms with Gasteiger partial charge in [-0.25, -0.2) is 4.99 Å². The van der Waals surface area contributed by atoms with Gasteiger partial charge < -0.3 is 15.5 Å². The summed E-state index contributed by atoms with van der Waals surface area (Å²) in [7, 11) is 3.47. The second kappa shape index (κ2) is 12.5. The molecule has 0 aliphatic carbocycles. The lowest BCUT2D eigenvalue weighted by molar-refractivity contribution is -0.127. The molecule has 0 aliphatic heterocycles. The van der Waals surface area contributed by atoms with E-state index in [4.69, 9.17) is 0 Å². The summed E-state index contributed by atoms with van der Waals surface area (Å²) < 4.78 is 0. The second-order valence-electron chi connectivity index (χ2n) is 5.41. The van der Waals surface area contributed by atoms with Crippen LogP contribution in [0.5, 0.6) is 0 Å². The van der Waals surface area contributed by atoms with Gasteiger partial charge in [-0.05, 0) is 12.0 Å². The van der Waals surface area contributed by atoms with Gasteiger partial charge >= 0.3 is 0 Å². The number of likely N-dealkylation sites (N-methyl/N-ethyl adjacent to an activating group) is 1. The summed E-state index contributed by atoms with van der Waals surface area (Å²) in [6, 6.07) is 10.3. The number of aliphatic imine (C=N–C) groups is 1. The second-order valence-corrected chi connectivity index (χ2v) is 6.56. The summed E-state index contributed by atoms with van der Waals surface area (Å²) >= 11 is 1.81. The number of benzene rings is 1. The largest absolute Gasteiger partial charge is 0.356 e. The molecule has 1 aromatic rings. The Bertz CT molecular complexity index is 517. The molecule has 0 aliphatic rings. The van der Waals surface area contributed by atoms with E-state index in [1.54, 1.807) is 30.8 Å². The number of guanidine groups is 1. The van der Waals surface area contributed by atoms with Crippen molar-refractivity contribution in [2.24, 2.45) is 4.99 Å². The van der Waals surface area contributed by atoms with Crippen LogP contribution in [-0.2, 0) is 11.2 Å². The summed E-state index contributed by atoms with van der Waals surface area (Å²) in [5.74, 6) is 2.57. The lowest BCUT2D eigenvalue weighted by Gasteiger charge is -2.13. The molecule has 0 saturated carbocycles. The van der Waals surface area contributed by atoms with E-state index in [-0.39, 0.29) is 12.5 Å². The zero-order valence-corrected chi connectivity index (χ0v) is 15.4. The molecule has 0 bridgehead atoms. The molecule has 132 valence electrons. The van der Waals surface area contributed by atoms with E-state index in [0.29, 0.717) is 5.96 Å². The van der Waals surface area contributed by atoms with Crippen LogP contribution >= 0.6 is 11.8 Å². The number of hydrogen-bond acceptors (Lipinski definition) is 3. The fraction of sp³-hybridized carbons (Fsp3) is 0.444. The van der Waals surface area contributed by atoms with Gasteiger partial charge in [-0.2, -0.15) is 11.8 Å². The molecule has 1 aromatic carbocycles. The Morgan fingerprint density at radius 3 is 2.62 bits per heavy atom. The lowest BCUT2D eigenvalue weighted by atomic mass is 10.1. The van der Waals surface area contributed by atoms with Gasteiger partial charge in [0.25, 0.3) is 0 Å². The van der Waals surface area contributed by atoms with Crippen molar-refractivity contribution in [1.29, 1.82) is 0 Å². The summed E-state index contributed by atoms with van der Waals surface area (Å²) in [5, 5.41) is 6.56. The van der Waals surface area contributed by atoms with E-state index in [0.717, 1.165) is 31.0 Å². The fourth-order valence-electron chi connectivity index (χ4n) is 1.84. The molecule has 0 atom stereocenters. The molecule has 0 unspecified atom stereocenters. The molecule has 5 nitrogen and oxygen atoms in total. The van der Waals surface area contributed by atoms with Crippen LogP contribution in [0.1, 0.15) is 5.56 Å². The van der Waals surface area contributed by atoms with Gasteiger partial charge in [0.05, 0.1) is 0 Å². The monoisotopic (exact) mass is 348 g/mol.